The number of hydrogen-bond acceptors (Lipinski definition) is 4. The first-order valence-electron chi connectivity index (χ1n) is 9.95. The minimum absolute atomic E-state index is 0.0408. The predicted octanol–water partition coefficient (Wildman–Crippen LogP) is 4.41. The Kier molecular flexibility index (Phi) is 6.03. The van der Waals surface area contributed by atoms with Crippen LogP contribution in [0.15, 0.2) is 78.9 Å². The van der Waals surface area contributed by atoms with Gasteiger partial charge in [0.2, 0.25) is 5.91 Å². The van der Waals surface area contributed by atoms with E-state index in [9.17, 15) is 9.59 Å². The molecular formula is C24H23N3O4. The third-order valence-electron chi connectivity index (χ3n) is 4.92. The van der Waals surface area contributed by atoms with Crippen molar-refractivity contribution in [3.05, 3.63) is 78.9 Å². The van der Waals surface area contributed by atoms with Crippen LogP contribution in [0.2, 0.25) is 0 Å². The fraction of sp³-hybridized carbons (Fsp3) is 0.167. The van der Waals surface area contributed by atoms with Gasteiger partial charge in [-0.25, -0.2) is 4.79 Å². The van der Waals surface area contributed by atoms with Gasteiger partial charge in [0.1, 0.15) is 17.2 Å². The van der Waals surface area contributed by atoms with Gasteiger partial charge in [-0.05, 0) is 48.5 Å². The van der Waals surface area contributed by atoms with Gasteiger partial charge in [0, 0.05) is 30.4 Å². The van der Waals surface area contributed by atoms with Gasteiger partial charge in [-0.3, -0.25) is 4.79 Å². The maximum absolute atomic E-state index is 12.4. The number of methoxy groups -OCH3 is 1. The summed E-state index contributed by atoms with van der Waals surface area (Å²) < 4.78 is 11.0. The number of benzene rings is 3. The molecule has 0 bridgehead atoms. The van der Waals surface area contributed by atoms with Crippen LogP contribution in [0.25, 0.3) is 0 Å². The van der Waals surface area contributed by atoms with Crippen LogP contribution in [0, 0.1) is 0 Å². The number of para-hydroxylation sites is 1. The molecule has 0 aliphatic carbocycles. The number of hydrogen-bond donors (Lipinski definition) is 2. The highest BCUT2D eigenvalue weighted by molar-refractivity contribution is 5.97. The molecule has 0 saturated carbocycles. The number of nitrogens with one attached hydrogen (secondary N) is 2. The van der Waals surface area contributed by atoms with Gasteiger partial charge < -0.3 is 25.0 Å². The van der Waals surface area contributed by atoms with Crippen molar-refractivity contribution in [2.45, 2.75) is 12.5 Å². The van der Waals surface area contributed by atoms with Gasteiger partial charge in [-0.2, -0.15) is 0 Å². The zero-order valence-electron chi connectivity index (χ0n) is 17.1. The summed E-state index contributed by atoms with van der Waals surface area (Å²) in [5.74, 6) is 2.06. The molecule has 3 amide bonds. The van der Waals surface area contributed by atoms with Crippen molar-refractivity contribution in [3.63, 3.8) is 0 Å². The molecule has 2 N–H and O–H groups in total. The number of carbonyl (C=O) groups is 2. The van der Waals surface area contributed by atoms with Crippen molar-refractivity contribution in [1.29, 1.82) is 0 Å². The molecule has 1 fully saturated rings. The Morgan fingerprint density at radius 2 is 1.65 bits per heavy atom. The number of urea groups is 1. The Morgan fingerprint density at radius 1 is 0.935 bits per heavy atom. The highest BCUT2D eigenvalue weighted by atomic mass is 16.5. The van der Waals surface area contributed by atoms with Crippen LogP contribution in [-0.4, -0.2) is 31.6 Å². The molecule has 1 aliphatic rings. The number of rotatable bonds is 6. The minimum atomic E-state index is -0.359. The predicted molar refractivity (Wildman–Crippen MR) is 119 cm³/mol. The van der Waals surface area contributed by atoms with Gasteiger partial charge in [0.05, 0.1) is 13.2 Å². The van der Waals surface area contributed by atoms with E-state index in [-0.39, 0.29) is 24.4 Å². The smallest absolute Gasteiger partial charge is 0.319 e. The molecule has 0 unspecified atom stereocenters. The normalized spacial score (nSPS) is 15.5. The zero-order chi connectivity index (χ0) is 21.6. The summed E-state index contributed by atoms with van der Waals surface area (Å²) in [6.45, 7) is 0.406. The lowest BCUT2D eigenvalue weighted by molar-refractivity contribution is -0.117. The number of nitrogens with zero attached hydrogens (tertiary/aromatic N) is 1. The van der Waals surface area contributed by atoms with Crippen molar-refractivity contribution < 1.29 is 19.1 Å². The Labute approximate surface area is 180 Å². The standard InChI is InChI=1S/C24H23N3O4/c1-30-22-9-5-6-19(15-22)27-16-18(14-23(27)28)26-24(29)25-17-10-12-21(13-11-17)31-20-7-3-2-4-8-20/h2-13,15,18H,14,16H2,1H3,(H2,25,26,29)/t18-/m1/s1. The maximum atomic E-state index is 12.4. The number of amides is 3. The average molecular weight is 417 g/mol. The van der Waals surface area contributed by atoms with Gasteiger partial charge >= 0.3 is 6.03 Å². The van der Waals surface area contributed by atoms with E-state index in [2.05, 4.69) is 10.6 Å². The van der Waals surface area contributed by atoms with Crippen LogP contribution in [-0.2, 0) is 4.79 Å². The van der Waals surface area contributed by atoms with E-state index < -0.39 is 0 Å². The van der Waals surface area contributed by atoms with Crippen molar-refractivity contribution in [1.82, 2.24) is 5.32 Å². The lowest BCUT2D eigenvalue weighted by Crippen LogP contribution is -2.39. The van der Waals surface area contributed by atoms with Gasteiger partial charge in [0.25, 0.3) is 0 Å². The number of anilines is 2. The van der Waals surface area contributed by atoms with E-state index in [4.69, 9.17) is 9.47 Å². The van der Waals surface area contributed by atoms with E-state index >= 15 is 0 Å². The molecule has 31 heavy (non-hydrogen) atoms. The quantitative estimate of drug-likeness (QED) is 0.622. The molecule has 1 atom stereocenters. The SMILES string of the molecule is COc1cccc(N2C[C@H](NC(=O)Nc3ccc(Oc4ccccc4)cc3)CC2=O)c1. The zero-order valence-corrected chi connectivity index (χ0v) is 17.1. The molecular weight excluding hydrogens is 394 g/mol. The fourth-order valence-corrected chi connectivity index (χ4v) is 3.42. The van der Waals surface area contributed by atoms with E-state index in [1.807, 2.05) is 48.5 Å². The third-order valence-corrected chi connectivity index (χ3v) is 4.92. The molecule has 3 aromatic rings. The van der Waals surface area contributed by atoms with Crippen molar-refractivity contribution in [2.24, 2.45) is 0 Å². The second kappa shape index (κ2) is 9.21. The molecule has 0 aromatic heterocycles. The summed E-state index contributed by atoms with van der Waals surface area (Å²) in [5, 5.41) is 5.66. The molecule has 158 valence electrons. The third kappa shape index (κ3) is 5.14. The monoisotopic (exact) mass is 417 g/mol. The van der Waals surface area contributed by atoms with Crippen LogP contribution in [0.3, 0.4) is 0 Å². The Bertz CT molecular complexity index is 1050. The minimum Gasteiger partial charge on any atom is -0.497 e. The van der Waals surface area contributed by atoms with E-state index in [1.165, 1.54) is 0 Å². The van der Waals surface area contributed by atoms with Gasteiger partial charge in [-0.1, -0.05) is 24.3 Å². The van der Waals surface area contributed by atoms with Crippen LogP contribution in [0.5, 0.6) is 17.2 Å². The molecule has 4 rings (SSSR count). The molecule has 1 heterocycles. The highest BCUT2D eigenvalue weighted by Crippen LogP contribution is 2.26. The summed E-state index contributed by atoms with van der Waals surface area (Å²) in [6.07, 6.45) is 0.245. The summed E-state index contributed by atoms with van der Waals surface area (Å²) in [5.41, 5.74) is 1.38. The van der Waals surface area contributed by atoms with Crippen LogP contribution >= 0.6 is 0 Å². The number of ether oxygens (including phenoxy) is 2. The Hall–Kier alpha value is -4.00. The molecule has 7 heteroatoms. The molecule has 3 aromatic carbocycles. The molecule has 1 aliphatic heterocycles. The van der Waals surface area contributed by atoms with Crippen LogP contribution in [0.4, 0.5) is 16.2 Å². The van der Waals surface area contributed by atoms with Crippen LogP contribution in [0.1, 0.15) is 6.42 Å². The lowest BCUT2D eigenvalue weighted by atomic mass is 10.2. The first kappa shape index (κ1) is 20.3. The second-order valence-corrected chi connectivity index (χ2v) is 7.14. The average Bonchev–Trinajstić information content (AvgIpc) is 3.15. The van der Waals surface area contributed by atoms with E-state index in [0.717, 1.165) is 11.4 Å². The van der Waals surface area contributed by atoms with Crippen molar-refractivity contribution in [3.8, 4) is 17.2 Å². The maximum Gasteiger partial charge on any atom is 0.319 e. The molecule has 0 spiro atoms. The fourth-order valence-electron chi connectivity index (χ4n) is 3.42. The molecule has 7 nitrogen and oxygen atoms in total. The molecule has 1 saturated heterocycles. The largest absolute Gasteiger partial charge is 0.497 e. The summed E-state index contributed by atoms with van der Waals surface area (Å²) in [6, 6.07) is 23.2. The van der Waals surface area contributed by atoms with E-state index in [0.29, 0.717) is 23.7 Å². The van der Waals surface area contributed by atoms with E-state index in [1.54, 1.807) is 42.3 Å². The van der Waals surface area contributed by atoms with Crippen LogP contribution < -0.4 is 25.0 Å². The topological polar surface area (TPSA) is 79.9 Å². The number of carbonyl (C=O) groups excluding carboxylic acids is 2. The van der Waals surface area contributed by atoms with Gasteiger partial charge in [-0.15, -0.1) is 0 Å². The van der Waals surface area contributed by atoms with Gasteiger partial charge in [0.15, 0.2) is 0 Å². The lowest BCUT2D eigenvalue weighted by Gasteiger charge is -2.18. The summed E-state index contributed by atoms with van der Waals surface area (Å²) in [7, 11) is 1.58. The van der Waals surface area contributed by atoms with Crippen molar-refractivity contribution >= 4 is 23.3 Å². The Balaban J connectivity index is 1.31. The highest BCUT2D eigenvalue weighted by Gasteiger charge is 2.31. The molecule has 0 radical (unpaired) electrons. The summed E-state index contributed by atoms with van der Waals surface area (Å²) >= 11 is 0. The first-order valence-corrected chi connectivity index (χ1v) is 9.95. The summed E-state index contributed by atoms with van der Waals surface area (Å²) in [4.78, 5) is 26.5. The van der Waals surface area contributed by atoms with Crippen molar-refractivity contribution in [2.75, 3.05) is 23.9 Å². The Morgan fingerprint density at radius 3 is 2.39 bits per heavy atom. The second-order valence-electron chi connectivity index (χ2n) is 7.14. The first-order chi connectivity index (χ1) is 15.1.